The summed E-state index contributed by atoms with van der Waals surface area (Å²) in [6.45, 7) is 0.188. The molecule has 1 saturated heterocycles. The van der Waals surface area contributed by atoms with Gasteiger partial charge in [0.25, 0.3) is 0 Å². The van der Waals surface area contributed by atoms with Crippen LogP contribution < -0.4 is 0 Å². The Balaban J connectivity index is 2.63. The van der Waals surface area contributed by atoms with Crippen LogP contribution in [0.1, 0.15) is 0 Å². The summed E-state index contributed by atoms with van der Waals surface area (Å²) >= 11 is 0. The number of aliphatic carboxylic acids is 2. The third-order valence-electron chi connectivity index (χ3n) is 2.20. The van der Waals surface area contributed by atoms with Gasteiger partial charge in [-0.05, 0) is 0 Å². The first-order valence-electron chi connectivity index (χ1n) is 5.06. The van der Waals surface area contributed by atoms with Gasteiger partial charge in [0.15, 0.2) is 0 Å². The van der Waals surface area contributed by atoms with E-state index in [2.05, 4.69) is 0 Å². The first-order valence-corrected chi connectivity index (χ1v) is 5.06. The highest BCUT2D eigenvalue weighted by Gasteiger charge is 2.25. The van der Waals surface area contributed by atoms with Crippen molar-refractivity contribution in [2.75, 3.05) is 39.4 Å². The molecule has 0 atom stereocenters. The fourth-order valence-electron chi connectivity index (χ4n) is 1.47. The molecule has 0 unspecified atom stereocenters. The molecule has 0 bridgehead atoms. The van der Waals surface area contributed by atoms with E-state index in [1.54, 1.807) is 0 Å². The van der Waals surface area contributed by atoms with Gasteiger partial charge in [-0.25, -0.2) is 4.79 Å². The van der Waals surface area contributed by atoms with Gasteiger partial charge in [0.2, 0.25) is 0 Å². The number of carbonyl (C=O) groups is 3. The van der Waals surface area contributed by atoms with Crippen molar-refractivity contribution in [3.8, 4) is 0 Å². The molecular weight excluding hydrogens is 232 g/mol. The second kappa shape index (κ2) is 6.04. The van der Waals surface area contributed by atoms with E-state index in [4.69, 9.17) is 14.9 Å². The molecule has 1 heterocycles. The van der Waals surface area contributed by atoms with Crippen molar-refractivity contribution in [1.82, 2.24) is 9.80 Å². The molecule has 0 aromatic rings. The minimum absolute atomic E-state index is 0.342. The standard InChI is InChI=1S/C9H14N2O6/c12-7(13)5-11(6-8(14)15)9(16)10-1-3-17-4-2-10/h1-6H2,(H,12,13)(H,14,15). The number of amides is 2. The highest BCUT2D eigenvalue weighted by Crippen LogP contribution is 2.03. The average molecular weight is 246 g/mol. The largest absolute Gasteiger partial charge is 0.480 e. The number of urea groups is 1. The number of carboxylic acids is 2. The number of carbonyl (C=O) groups excluding carboxylic acids is 1. The number of ether oxygens (including phenoxy) is 1. The van der Waals surface area contributed by atoms with Crippen molar-refractivity contribution in [2.45, 2.75) is 0 Å². The van der Waals surface area contributed by atoms with Gasteiger partial charge in [-0.3, -0.25) is 9.59 Å². The van der Waals surface area contributed by atoms with Crippen LogP contribution in [-0.4, -0.2) is 77.4 Å². The van der Waals surface area contributed by atoms with Gasteiger partial charge in [-0.15, -0.1) is 0 Å². The lowest BCUT2D eigenvalue weighted by molar-refractivity contribution is -0.140. The van der Waals surface area contributed by atoms with E-state index in [1.165, 1.54) is 4.90 Å². The monoisotopic (exact) mass is 246 g/mol. The number of rotatable bonds is 4. The van der Waals surface area contributed by atoms with E-state index >= 15 is 0 Å². The van der Waals surface area contributed by atoms with Gasteiger partial charge in [0, 0.05) is 13.1 Å². The van der Waals surface area contributed by atoms with Crippen LogP contribution >= 0.6 is 0 Å². The number of morpholine rings is 1. The first-order chi connectivity index (χ1) is 8.00. The van der Waals surface area contributed by atoms with E-state index in [-0.39, 0.29) is 0 Å². The van der Waals surface area contributed by atoms with Crippen molar-refractivity contribution in [2.24, 2.45) is 0 Å². The number of hydrogen-bond donors (Lipinski definition) is 2. The molecule has 0 spiro atoms. The van der Waals surface area contributed by atoms with E-state index in [1.807, 2.05) is 0 Å². The molecule has 96 valence electrons. The van der Waals surface area contributed by atoms with Crippen LogP contribution in [-0.2, 0) is 14.3 Å². The molecule has 1 aliphatic heterocycles. The molecule has 8 heteroatoms. The average Bonchev–Trinajstić information content (AvgIpc) is 2.27. The van der Waals surface area contributed by atoms with Crippen LogP contribution in [0, 0.1) is 0 Å². The normalized spacial score (nSPS) is 15.4. The Bertz CT molecular complexity index is 297. The Labute approximate surface area is 97.4 Å². The lowest BCUT2D eigenvalue weighted by atomic mass is 10.4. The zero-order valence-electron chi connectivity index (χ0n) is 9.16. The molecule has 0 aromatic heterocycles. The van der Waals surface area contributed by atoms with Crippen LogP contribution in [0.5, 0.6) is 0 Å². The lowest BCUT2D eigenvalue weighted by Gasteiger charge is -2.31. The second-order valence-corrected chi connectivity index (χ2v) is 3.53. The van der Waals surface area contributed by atoms with Gasteiger partial charge in [0.1, 0.15) is 13.1 Å². The summed E-state index contributed by atoms with van der Waals surface area (Å²) in [7, 11) is 0. The predicted molar refractivity (Wildman–Crippen MR) is 54.6 cm³/mol. The maximum absolute atomic E-state index is 11.8. The van der Waals surface area contributed by atoms with Crippen LogP contribution in [0.15, 0.2) is 0 Å². The van der Waals surface area contributed by atoms with Gasteiger partial charge < -0.3 is 24.7 Å². The van der Waals surface area contributed by atoms with Crippen LogP contribution in [0.25, 0.3) is 0 Å². The van der Waals surface area contributed by atoms with Crippen molar-refractivity contribution < 1.29 is 29.3 Å². The molecule has 0 saturated carbocycles. The molecule has 1 rings (SSSR count). The maximum Gasteiger partial charge on any atom is 0.323 e. The molecule has 2 amide bonds. The number of nitrogens with zero attached hydrogens (tertiary/aromatic N) is 2. The number of carboxylic acid groups (broad SMARTS) is 2. The van der Waals surface area contributed by atoms with Crippen LogP contribution in [0.3, 0.4) is 0 Å². The van der Waals surface area contributed by atoms with E-state index in [9.17, 15) is 14.4 Å². The summed E-state index contributed by atoms with van der Waals surface area (Å²) in [6.07, 6.45) is 0. The molecule has 8 nitrogen and oxygen atoms in total. The molecular formula is C9H14N2O6. The maximum atomic E-state index is 11.8. The van der Waals surface area contributed by atoms with Crippen molar-refractivity contribution >= 4 is 18.0 Å². The molecule has 0 aliphatic carbocycles. The summed E-state index contributed by atoms with van der Waals surface area (Å²) < 4.78 is 5.05. The molecule has 1 aliphatic rings. The Kier molecular flexibility index (Phi) is 4.70. The van der Waals surface area contributed by atoms with Crippen molar-refractivity contribution in [3.05, 3.63) is 0 Å². The molecule has 1 fully saturated rings. The van der Waals surface area contributed by atoms with Gasteiger partial charge in [-0.1, -0.05) is 0 Å². The fraction of sp³-hybridized carbons (Fsp3) is 0.667. The minimum atomic E-state index is -1.24. The van der Waals surface area contributed by atoms with E-state index in [0.717, 1.165) is 4.90 Å². The predicted octanol–water partition coefficient (Wildman–Crippen LogP) is -1.09. The van der Waals surface area contributed by atoms with Crippen LogP contribution in [0.2, 0.25) is 0 Å². The zero-order valence-corrected chi connectivity index (χ0v) is 9.16. The number of hydrogen-bond acceptors (Lipinski definition) is 4. The Morgan fingerprint density at radius 2 is 1.53 bits per heavy atom. The highest BCUT2D eigenvalue weighted by atomic mass is 16.5. The van der Waals surface area contributed by atoms with Gasteiger partial charge >= 0.3 is 18.0 Å². The van der Waals surface area contributed by atoms with Crippen molar-refractivity contribution in [1.29, 1.82) is 0 Å². The SMILES string of the molecule is O=C(O)CN(CC(=O)O)C(=O)N1CCOCC1. The Hall–Kier alpha value is -1.83. The third-order valence-corrected chi connectivity index (χ3v) is 2.20. The summed E-state index contributed by atoms with van der Waals surface area (Å²) in [6, 6.07) is -0.585. The zero-order chi connectivity index (χ0) is 12.8. The smallest absolute Gasteiger partial charge is 0.323 e. The third kappa shape index (κ3) is 4.27. The summed E-state index contributed by atoms with van der Waals surface area (Å²) in [5.41, 5.74) is 0. The Morgan fingerprint density at radius 3 is 1.94 bits per heavy atom. The molecule has 17 heavy (non-hydrogen) atoms. The highest BCUT2D eigenvalue weighted by molar-refractivity contribution is 5.84. The summed E-state index contributed by atoms with van der Waals surface area (Å²) in [5, 5.41) is 17.2. The first kappa shape index (κ1) is 13.2. The lowest BCUT2D eigenvalue weighted by Crippen LogP contribution is -2.50. The molecule has 2 N–H and O–H groups in total. The quantitative estimate of drug-likeness (QED) is 0.652. The van der Waals surface area contributed by atoms with E-state index in [0.29, 0.717) is 26.3 Å². The van der Waals surface area contributed by atoms with Gasteiger partial charge in [-0.2, -0.15) is 0 Å². The minimum Gasteiger partial charge on any atom is -0.480 e. The topological polar surface area (TPSA) is 107 Å². The Morgan fingerprint density at radius 1 is 1.06 bits per heavy atom. The summed E-state index contributed by atoms with van der Waals surface area (Å²) in [5.74, 6) is -2.49. The van der Waals surface area contributed by atoms with Crippen LogP contribution in [0.4, 0.5) is 4.79 Å². The second-order valence-electron chi connectivity index (χ2n) is 3.53. The van der Waals surface area contributed by atoms with Crippen molar-refractivity contribution in [3.63, 3.8) is 0 Å². The molecule has 0 radical (unpaired) electrons. The molecule has 0 aromatic carbocycles. The van der Waals surface area contributed by atoms with E-state index < -0.39 is 31.1 Å². The fourth-order valence-corrected chi connectivity index (χ4v) is 1.47. The summed E-state index contributed by atoms with van der Waals surface area (Å²) in [4.78, 5) is 35.1. The van der Waals surface area contributed by atoms with Gasteiger partial charge in [0.05, 0.1) is 13.2 Å².